The quantitative estimate of drug-likeness (QED) is 0.943. The van der Waals surface area contributed by atoms with Gasteiger partial charge in [0.1, 0.15) is 5.75 Å². The fourth-order valence-electron chi connectivity index (χ4n) is 1.84. The summed E-state index contributed by atoms with van der Waals surface area (Å²) in [5, 5.41) is 3.93. The van der Waals surface area contributed by atoms with E-state index in [-0.39, 0.29) is 6.54 Å². The fourth-order valence-corrected chi connectivity index (χ4v) is 2.31. The minimum absolute atomic E-state index is 0.224. The van der Waals surface area contributed by atoms with E-state index in [4.69, 9.17) is 15.0 Å². The zero-order chi connectivity index (χ0) is 13.3. The first-order valence-corrected chi connectivity index (χ1v) is 6.24. The van der Waals surface area contributed by atoms with Crippen LogP contribution in [0.3, 0.4) is 0 Å². The molecule has 6 heteroatoms. The Labute approximate surface area is 113 Å². The molecule has 0 amide bonds. The molecule has 0 fully saturated rings. The van der Waals surface area contributed by atoms with Crippen LogP contribution < -0.4 is 10.5 Å². The van der Waals surface area contributed by atoms with E-state index < -0.39 is 0 Å². The van der Waals surface area contributed by atoms with Gasteiger partial charge in [-0.3, -0.25) is 0 Å². The number of nitrogens with two attached hydrogens (primary N) is 1. The van der Waals surface area contributed by atoms with Gasteiger partial charge in [0.05, 0.1) is 23.7 Å². The van der Waals surface area contributed by atoms with Crippen molar-refractivity contribution in [2.75, 3.05) is 7.11 Å². The number of methoxy groups -OCH3 is 1. The van der Waals surface area contributed by atoms with E-state index >= 15 is 0 Å². The van der Waals surface area contributed by atoms with Gasteiger partial charge in [-0.25, -0.2) is 0 Å². The first-order valence-electron chi connectivity index (χ1n) is 5.45. The van der Waals surface area contributed by atoms with Gasteiger partial charge >= 0.3 is 0 Å². The van der Waals surface area contributed by atoms with Gasteiger partial charge in [-0.1, -0.05) is 11.2 Å². The lowest BCUT2D eigenvalue weighted by Gasteiger charge is -2.12. The van der Waals surface area contributed by atoms with Gasteiger partial charge < -0.3 is 15.0 Å². The monoisotopic (exact) mass is 311 g/mol. The average Bonchev–Trinajstić information content (AvgIpc) is 2.81. The van der Waals surface area contributed by atoms with Crippen molar-refractivity contribution in [1.82, 2.24) is 10.1 Å². The molecular weight excluding hydrogens is 298 g/mol. The van der Waals surface area contributed by atoms with E-state index in [2.05, 4.69) is 26.1 Å². The Hall–Kier alpha value is -1.40. The lowest BCUT2D eigenvalue weighted by Crippen LogP contribution is -1.98. The number of aryl methyl sites for hydroxylation is 2. The molecule has 0 spiro atoms. The maximum Gasteiger partial charge on any atom is 0.240 e. The topological polar surface area (TPSA) is 74.2 Å². The third kappa shape index (κ3) is 2.13. The highest BCUT2D eigenvalue weighted by Crippen LogP contribution is 2.39. The summed E-state index contributed by atoms with van der Waals surface area (Å²) in [4.78, 5) is 4.24. The van der Waals surface area contributed by atoms with E-state index in [1.54, 1.807) is 7.11 Å². The van der Waals surface area contributed by atoms with Crippen LogP contribution in [0, 0.1) is 13.8 Å². The van der Waals surface area contributed by atoms with Gasteiger partial charge in [-0.15, -0.1) is 0 Å². The molecule has 2 N–H and O–H groups in total. The third-order valence-electron chi connectivity index (χ3n) is 2.67. The number of hydrogen-bond donors (Lipinski definition) is 1. The minimum Gasteiger partial charge on any atom is -0.495 e. The summed E-state index contributed by atoms with van der Waals surface area (Å²) in [6, 6.07) is 2.04. The molecule has 2 aromatic rings. The second-order valence-corrected chi connectivity index (χ2v) is 4.74. The number of aromatic nitrogens is 2. The van der Waals surface area contributed by atoms with Crippen molar-refractivity contribution in [3.05, 3.63) is 27.6 Å². The van der Waals surface area contributed by atoms with E-state index in [1.807, 2.05) is 19.9 Å². The van der Waals surface area contributed by atoms with E-state index in [0.29, 0.717) is 17.5 Å². The van der Waals surface area contributed by atoms with Gasteiger partial charge in [-0.05, 0) is 40.9 Å². The molecule has 0 atom stereocenters. The van der Waals surface area contributed by atoms with Crippen LogP contribution in [0.25, 0.3) is 11.4 Å². The summed E-state index contributed by atoms with van der Waals surface area (Å²) in [6.07, 6.45) is 0. The third-order valence-corrected chi connectivity index (χ3v) is 3.66. The summed E-state index contributed by atoms with van der Waals surface area (Å²) in [7, 11) is 1.62. The largest absolute Gasteiger partial charge is 0.495 e. The highest BCUT2D eigenvalue weighted by Gasteiger charge is 2.19. The first-order chi connectivity index (χ1) is 8.58. The molecule has 1 aromatic carbocycles. The Bertz CT molecular complexity index is 581. The predicted molar refractivity (Wildman–Crippen MR) is 71.4 cm³/mol. The van der Waals surface area contributed by atoms with Crippen LogP contribution in [0.4, 0.5) is 0 Å². The molecule has 2 rings (SSSR count). The molecule has 5 nitrogen and oxygen atoms in total. The van der Waals surface area contributed by atoms with Crippen molar-refractivity contribution < 1.29 is 9.26 Å². The number of ether oxygens (including phenoxy) is 1. The highest BCUT2D eigenvalue weighted by atomic mass is 79.9. The fraction of sp³-hybridized carbons (Fsp3) is 0.333. The summed E-state index contributed by atoms with van der Waals surface area (Å²) in [5.41, 5.74) is 8.40. The Kier molecular flexibility index (Phi) is 3.68. The van der Waals surface area contributed by atoms with Crippen molar-refractivity contribution in [2.45, 2.75) is 20.4 Å². The van der Waals surface area contributed by atoms with E-state index in [1.165, 1.54) is 0 Å². The molecule has 1 aromatic heterocycles. The Morgan fingerprint density at radius 1 is 1.39 bits per heavy atom. The van der Waals surface area contributed by atoms with Gasteiger partial charge in [-0.2, -0.15) is 4.98 Å². The number of benzene rings is 1. The van der Waals surface area contributed by atoms with Crippen LogP contribution in [-0.4, -0.2) is 17.3 Å². The predicted octanol–water partition coefficient (Wildman–Crippen LogP) is 2.58. The summed E-state index contributed by atoms with van der Waals surface area (Å²) in [6.45, 7) is 4.21. The molecular formula is C12H14BrN3O2. The number of hydrogen-bond acceptors (Lipinski definition) is 5. The summed E-state index contributed by atoms with van der Waals surface area (Å²) in [5.74, 6) is 1.60. The molecule has 0 saturated heterocycles. The van der Waals surface area contributed by atoms with Gasteiger partial charge in [0.25, 0.3) is 0 Å². The lowest BCUT2D eigenvalue weighted by atomic mass is 10.0. The van der Waals surface area contributed by atoms with Crippen LogP contribution in [-0.2, 0) is 6.54 Å². The second-order valence-electron chi connectivity index (χ2n) is 3.95. The maximum absolute atomic E-state index is 5.47. The average molecular weight is 312 g/mol. The zero-order valence-corrected chi connectivity index (χ0v) is 12.0. The Balaban J connectivity index is 2.66. The van der Waals surface area contributed by atoms with Crippen molar-refractivity contribution in [2.24, 2.45) is 5.73 Å². The standard InChI is InChI=1S/C12H14BrN3O2/c1-6-4-7(2)10(13)11(17-3)9(6)12-15-8(5-14)18-16-12/h4H,5,14H2,1-3H3. The highest BCUT2D eigenvalue weighted by molar-refractivity contribution is 9.10. The zero-order valence-electron chi connectivity index (χ0n) is 10.5. The second kappa shape index (κ2) is 5.07. The normalized spacial score (nSPS) is 10.7. The summed E-state index contributed by atoms with van der Waals surface area (Å²) >= 11 is 3.51. The smallest absolute Gasteiger partial charge is 0.240 e. The number of rotatable bonds is 3. The Morgan fingerprint density at radius 3 is 2.67 bits per heavy atom. The van der Waals surface area contributed by atoms with Crippen molar-refractivity contribution >= 4 is 15.9 Å². The molecule has 0 aliphatic rings. The van der Waals surface area contributed by atoms with Gasteiger partial charge in [0.2, 0.25) is 11.7 Å². The molecule has 96 valence electrons. The van der Waals surface area contributed by atoms with Crippen molar-refractivity contribution in [3.8, 4) is 17.1 Å². The molecule has 0 unspecified atom stereocenters. The van der Waals surface area contributed by atoms with Crippen molar-refractivity contribution in [1.29, 1.82) is 0 Å². The van der Waals surface area contributed by atoms with E-state index in [0.717, 1.165) is 21.2 Å². The molecule has 0 radical (unpaired) electrons. The van der Waals surface area contributed by atoms with Crippen molar-refractivity contribution in [3.63, 3.8) is 0 Å². The molecule has 0 saturated carbocycles. The molecule has 18 heavy (non-hydrogen) atoms. The SMILES string of the molecule is COc1c(Br)c(C)cc(C)c1-c1noc(CN)n1. The molecule has 0 aliphatic heterocycles. The number of nitrogens with zero attached hydrogens (tertiary/aromatic N) is 2. The van der Waals surface area contributed by atoms with Crippen LogP contribution in [0.15, 0.2) is 15.1 Å². The minimum atomic E-state index is 0.224. The van der Waals surface area contributed by atoms with Crippen LogP contribution in [0.2, 0.25) is 0 Å². The van der Waals surface area contributed by atoms with Gasteiger partial charge in [0, 0.05) is 0 Å². The van der Waals surface area contributed by atoms with Crippen LogP contribution in [0.1, 0.15) is 17.0 Å². The maximum atomic E-state index is 5.47. The van der Waals surface area contributed by atoms with Crippen LogP contribution >= 0.6 is 15.9 Å². The van der Waals surface area contributed by atoms with Gasteiger partial charge in [0.15, 0.2) is 0 Å². The first kappa shape index (κ1) is 13.0. The molecule has 1 heterocycles. The Morgan fingerprint density at radius 2 is 2.11 bits per heavy atom. The summed E-state index contributed by atoms with van der Waals surface area (Å²) < 4.78 is 11.4. The van der Waals surface area contributed by atoms with E-state index in [9.17, 15) is 0 Å². The molecule has 0 bridgehead atoms. The lowest BCUT2D eigenvalue weighted by molar-refractivity contribution is 0.379. The number of halogens is 1. The molecule has 0 aliphatic carbocycles. The van der Waals surface area contributed by atoms with Crippen LogP contribution in [0.5, 0.6) is 5.75 Å².